The number of esters is 1. The summed E-state index contributed by atoms with van der Waals surface area (Å²) in [6, 6.07) is 2.01. The molecule has 0 saturated heterocycles. The van der Waals surface area contributed by atoms with Crippen molar-refractivity contribution in [3.05, 3.63) is 34.9 Å². The average molecular weight is 254 g/mol. The second-order valence-electron chi connectivity index (χ2n) is 3.36. The van der Waals surface area contributed by atoms with Crippen molar-refractivity contribution < 1.29 is 23.4 Å². The molecule has 96 valence electrons. The molecule has 0 aliphatic rings. The van der Waals surface area contributed by atoms with Gasteiger partial charge in [-0.1, -0.05) is 11.8 Å². The van der Waals surface area contributed by atoms with Crippen molar-refractivity contribution in [3.63, 3.8) is 0 Å². The van der Waals surface area contributed by atoms with Crippen molar-refractivity contribution in [2.75, 3.05) is 6.61 Å². The fourth-order valence-corrected chi connectivity index (χ4v) is 1.26. The summed E-state index contributed by atoms with van der Waals surface area (Å²) >= 11 is 0. The van der Waals surface area contributed by atoms with E-state index in [9.17, 15) is 13.6 Å². The summed E-state index contributed by atoms with van der Waals surface area (Å²) in [5, 5.41) is 8.72. The third-order valence-corrected chi connectivity index (χ3v) is 2.07. The summed E-state index contributed by atoms with van der Waals surface area (Å²) in [6.07, 6.45) is -0.140. The van der Waals surface area contributed by atoms with Crippen molar-refractivity contribution in [2.45, 2.75) is 20.0 Å². The highest BCUT2D eigenvalue weighted by Crippen LogP contribution is 2.14. The first kappa shape index (κ1) is 14.1. The van der Waals surface area contributed by atoms with Gasteiger partial charge in [0.25, 0.3) is 0 Å². The van der Waals surface area contributed by atoms with Crippen LogP contribution in [0.1, 0.15) is 24.5 Å². The van der Waals surface area contributed by atoms with E-state index in [0.717, 1.165) is 12.1 Å². The molecule has 0 spiro atoms. The molecule has 1 N–H and O–H groups in total. The molecule has 0 saturated carbocycles. The Hall–Kier alpha value is -1.93. The number of benzene rings is 1. The molecule has 0 bridgehead atoms. The number of ether oxygens (including phenoxy) is 1. The average Bonchev–Trinajstić information content (AvgIpc) is 2.29. The first-order valence-corrected chi connectivity index (χ1v) is 5.31. The summed E-state index contributed by atoms with van der Waals surface area (Å²) in [7, 11) is 0. The SMILES string of the molecule is CCOC(=O)CC#Cc1cc(F)c(CO)c(F)c1. The van der Waals surface area contributed by atoms with E-state index in [1.165, 1.54) is 0 Å². The van der Waals surface area contributed by atoms with Crippen molar-refractivity contribution in [2.24, 2.45) is 0 Å². The Bertz CT molecular complexity index is 478. The Morgan fingerprint density at radius 2 is 2.00 bits per heavy atom. The number of carbonyl (C=O) groups excluding carboxylic acids is 1. The predicted octanol–water partition coefficient (Wildman–Crippen LogP) is 1.76. The third-order valence-electron chi connectivity index (χ3n) is 2.07. The van der Waals surface area contributed by atoms with Gasteiger partial charge in [-0.05, 0) is 19.1 Å². The molecule has 1 aromatic rings. The highest BCUT2D eigenvalue weighted by atomic mass is 19.1. The lowest BCUT2D eigenvalue weighted by Crippen LogP contribution is -2.01. The lowest BCUT2D eigenvalue weighted by molar-refractivity contribution is -0.141. The molecule has 18 heavy (non-hydrogen) atoms. The van der Waals surface area contributed by atoms with E-state index in [4.69, 9.17) is 5.11 Å². The lowest BCUT2D eigenvalue weighted by atomic mass is 10.1. The van der Waals surface area contributed by atoms with Crippen LogP contribution >= 0.6 is 0 Å². The fraction of sp³-hybridized carbons (Fsp3) is 0.308. The minimum absolute atomic E-state index is 0.103. The normalized spacial score (nSPS) is 9.56. The predicted molar refractivity (Wildman–Crippen MR) is 60.4 cm³/mol. The quantitative estimate of drug-likeness (QED) is 0.660. The maximum Gasteiger partial charge on any atom is 0.317 e. The van der Waals surface area contributed by atoms with Crippen LogP contribution in [0.15, 0.2) is 12.1 Å². The monoisotopic (exact) mass is 254 g/mol. The van der Waals surface area contributed by atoms with Gasteiger partial charge in [0.05, 0.1) is 13.2 Å². The Morgan fingerprint density at radius 1 is 1.39 bits per heavy atom. The molecule has 0 amide bonds. The zero-order chi connectivity index (χ0) is 13.5. The molecule has 0 radical (unpaired) electrons. The number of rotatable bonds is 3. The van der Waals surface area contributed by atoms with Gasteiger partial charge >= 0.3 is 5.97 Å². The van der Waals surface area contributed by atoms with Crippen LogP contribution in [0, 0.1) is 23.5 Å². The van der Waals surface area contributed by atoms with E-state index in [0.29, 0.717) is 0 Å². The summed E-state index contributed by atoms with van der Waals surface area (Å²) in [5.74, 6) is 2.70. The fourth-order valence-electron chi connectivity index (χ4n) is 1.26. The standard InChI is InChI=1S/C13H12F2O3/c1-2-18-13(17)5-3-4-9-6-11(14)10(8-16)12(15)7-9/h6-7,16H,2,5,8H2,1H3. The molecule has 1 aromatic carbocycles. The second-order valence-corrected chi connectivity index (χ2v) is 3.36. The molecule has 5 heteroatoms. The van der Waals surface area contributed by atoms with Crippen molar-refractivity contribution in [1.82, 2.24) is 0 Å². The third kappa shape index (κ3) is 3.82. The first-order chi connectivity index (χ1) is 8.58. The van der Waals surface area contributed by atoms with Crippen molar-refractivity contribution in [3.8, 4) is 11.8 Å². The van der Waals surface area contributed by atoms with Crippen LogP contribution in [0.4, 0.5) is 8.78 Å². The Morgan fingerprint density at radius 3 is 2.50 bits per heavy atom. The molecule has 0 aromatic heterocycles. The maximum atomic E-state index is 13.3. The number of aliphatic hydroxyl groups is 1. The number of hydrogen-bond donors (Lipinski definition) is 1. The van der Waals surface area contributed by atoms with Gasteiger partial charge in [-0.2, -0.15) is 0 Å². The molecule has 0 atom stereocenters. The van der Waals surface area contributed by atoms with E-state index < -0.39 is 29.8 Å². The van der Waals surface area contributed by atoms with Crippen LogP contribution < -0.4 is 0 Å². The summed E-state index contributed by atoms with van der Waals surface area (Å²) < 4.78 is 31.2. The molecule has 0 fully saturated rings. The largest absolute Gasteiger partial charge is 0.465 e. The number of carbonyl (C=O) groups is 1. The highest BCUT2D eigenvalue weighted by Gasteiger charge is 2.09. The lowest BCUT2D eigenvalue weighted by Gasteiger charge is -2.01. The van der Waals surface area contributed by atoms with E-state index in [1.54, 1.807) is 6.92 Å². The summed E-state index contributed by atoms with van der Waals surface area (Å²) in [5.41, 5.74) is -0.294. The van der Waals surface area contributed by atoms with Crippen LogP contribution in [0.2, 0.25) is 0 Å². The first-order valence-electron chi connectivity index (χ1n) is 5.31. The Balaban J connectivity index is 2.80. The maximum absolute atomic E-state index is 13.3. The van der Waals surface area contributed by atoms with Gasteiger partial charge in [-0.3, -0.25) is 4.79 Å². The Kier molecular flexibility index (Phi) is 5.28. The smallest absolute Gasteiger partial charge is 0.317 e. The summed E-state index contributed by atoms with van der Waals surface area (Å²) in [4.78, 5) is 11.0. The van der Waals surface area contributed by atoms with Gasteiger partial charge in [-0.15, -0.1) is 0 Å². The van der Waals surface area contributed by atoms with Gasteiger partial charge in [0.2, 0.25) is 0 Å². The van der Waals surface area contributed by atoms with E-state index >= 15 is 0 Å². The minimum atomic E-state index is -0.863. The van der Waals surface area contributed by atoms with Crippen LogP contribution in [0.3, 0.4) is 0 Å². The number of aliphatic hydroxyl groups excluding tert-OH is 1. The zero-order valence-electron chi connectivity index (χ0n) is 9.80. The molecule has 1 rings (SSSR count). The number of hydrogen-bond acceptors (Lipinski definition) is 3. The minimum Gasteiger partial charge on any atom is -0.465 e. The van der Waals surface area contributed by atoms with E-state index in [2.05, 4.69) is 16.6 Å². The Labute approximate surface area is 103 Å². The topological polar surface area (TPSA) is 46.5 Å². The summed E-state index contributed by atoms with van der Waals surface area (Å²) in [6.45, 7) is 1.22. The molecule has 0 aliphatic heterocycles. The van der Waals surface area contributed by atoms with Gasteiger partial charge < -0.3 is 9.84 Å². The van der Waals surface area contributed by atoms with Crippen LogP contribution in [-0.4, -0.2) is 17.7 Å². The zero-order valence-corrected chi connectivity index (χ0v) is 9.80. The molecular weight excluding hydrogens is 242 g/mol. The number of halogens is 2. The van der Waals surface area contributed by atoms with E-state index in [-0.39, 0.29) is 18.6 Å². The molecule has 0 heterocycles. The van der Waals surface area contributed by atoms with Gasteiger partial charge in [0.1, 0.15) is 18.1 Å². The second kappa shape index (κ2) is 6.72. The van der Waals surface area contributed by atoms with Crippen LogP contribution in [-0.2, 0) is 16.1 Å². The van der Waals surface area contributed by atoms with Gasteiger partial charge in [0.15, 0.2) is 0 Å². The van der Waals surface area contributed by atoms with E-state index in [1.807, 2.05) is 0 Å². The van der Waals surface area contributed by atoms with Crippen LogP contribution in [0.5, 0.6) is 0 Å². The molecule has 0 unspecified atom stereocenters. The van der Waals surface area contributed by atoms with Gasteiger partial charge in [0, 0.05) is 11.1 Å². The molecular formula is C13H12F2O3. The van der Waals surface area contributed by atoms with Gasteiger partial charge in [-0.25, -0.2) is 8.78 Å². The highest BCUT2D eigenvalue weighted by molar-refractivity contribution is 5.72. The molecule has 0 aliphatic carbocycles. The van der Waals surface area contributed by atoms with Crippen molar-refractivity contribution in [1.29, 1.82) is 0 Å². The van der Waals surface area contributed by atoms with Crippen molar-refractivity contribution >= 4 is 5.97 Å². The molecule has 3 nitrogen and oxygen atoms in total. The van der Waals surface area contributed by atoms with Crippen LogP contribution in [0.25, 0.3) is 0 Å².